The second-order valence-electron chi connectivity index (χ2n) is 5.70. The molecule has 8 nitrogen and oxygen atoms in total. The van der Waals surface area contributed by atoms with Crippen LogP contribution in [0.1, 0.15) is 11.1 Å². The highest BCUT2D eigenvalue weighted by Crippen LogP contribution is 2.17. The Kier molecular flexibility index (Phi) is 7.69. The van der Waals surface area contributed by atoms with Gasteiger partial charge in [0, 0.05) is 25.8 Å². The van der Waals surface area contributed by atoms with E-state index < -0.39 is 10.8 Å². The van der Waals surface area contributed by atoms with E-state index in [2.05, 4.69) is 5.32 Å². The van der Waals surface area contributed by atoms with Gasteiger partial charge in [-0.05, 0) is 41.5 Å². The first-order chi connectivity index (χ1) is 13.5. The lowest BCUT2D eigenvalue weighted by atomic mass is 10.1. The van der Waals surface area contributed by atoms with Crippen molar-refractivity contribution in [1.82, 2.24) is 5.32 Å². The zero-order valence-corrected chi connectivity index (χ0v) is 15.3. The van der Waals surface area contributed by atoms with Crippen LogP contribution in [0.15, 0.2) is 54.1 Å². The van der Waals surface area contributed by atoms with E-state index in [-0.39, 0.29) is 17.9 Å². The van der Waals surface area contributed by atoms with Crippen molar-refractivity contribution in [1.29, 1.82) is 5.26 Å². The average Bonchev–Trinajstić information content (AvgIpc) is 2.71. The fourth-order valence-electron chi connectivity index (χ4n) is 2.22. The number of methoxy groups -OCH3 is 1. The topological polar surface area (TPSA) is 114 Å². The van der Waals surface area contributed by atoms with Gasteiger partial charge < -0.3 is 14.8 Å². The van der Waals surface area contributed by atoms with E-state index in [4.69, 9.17) is 14.7 Å². The molecule has 0 aliphatic heterocycles. The van der Waals surface area contributed by atoms with Gasteiger partial charge in [0.1, 0.15) is 24.0 Å². The molecule has 2 aromatic carbocycles. The van der Waals surface area contributed by atoms with Crippen molar-refractivity contribution in [3.05, 3.63) is 75.3 Å². The van der Waals surface area contributed by atoms with E-state index >= 15 is 0 Å². The third-order valence-electron chi connectivity index (χ3n) is 3.70. The standard InChI is InChI=1S/C20H19N3O5/c1-27-11-10-22-20(24)17(13-21)12-15-4-8-19(9-5-15)28-14-16-2-6-18(7-3-16)23(25)26/h2-9,12H,10-11,14H2,1H3,(H,22,24)/b17-12+. The molecule has 0 atom stereocenters. The van der Waals surface area contributed by atoms with Gasteiger partial charge in [-0.15, -0.1) is 0 Å². The molecule has 0 spiro atoms. The number of carbonyl (C=O) groups is 1. The molecule has 0 aliphatic rings. The Balaban J connectivity index is 1.95. The molecule has 0 saturated carbocycles. The molecule has 28 heavy (non-hydrogen) atoms. The smallest absolute Gasteiger partial charge is 0.269 e. The first kappa shape index (κ1) is 20.6. The van der Waals surface area contributed by atoms with Gasteiger partial charge in [-0.25, -0.2) is 0 Å². The fourth-order valence-corrected chi connectivity index (χ4v) is 2.22. The van der Waals surface area contributed by atoms with E-state index in [1.54, 1.807) is 36.4 Å². The van der Waals surface area contributed by atoms with E-state index in [0.29, 0.717) is 24.5 Å². The van der Waals surface area contributed by atoms with Crippen LogP contribution in [0, 0.1) is 21.4 Å². The van der Waals surface area contributed by atoms with Crippen molar-refractivity contribution >= 4 is 17.7 Å². The van der Waals surface area contributed by atoms with Gasteiger partial charge >= 0.3 is 0 Å². The Bertz CT molecular complexity index is 884. The predicted molar refractivity (Wildman–Crippen MR) is 102 cm³/mol. The summed E-state index contributed by atoms with van der Waals surface area (Å²) in [4.78, 5) is 22.1. The van der Waals surface area contributed by atoms with Crippen LogP contribution in [0.3, 0.4) is 0 Å². The molecule has 0 heterocycles. The quantitative estimate of drug-likeness (QED) is 0.235. The molecule has 0 radical (unpaired) electrons. The molecular formula is C20H19N3O5. The number of rotatable bonds is 9. The second kappa shape index (κ2) is 10.4. The number of benzene rings is 2. The summed E-state index contributed by atoms with van der Waals surface area (Å²) in [6.07, 6.45) is 1.49. The summed E-state index contributed by atoms with van der Waals surface area (Å²) in [7, 11) is 1.53. The molecule has 2 aromatic rings. The number of amides is 1. The minimum absolute atomic E-state index is 0.00403. The van der Waals surface area contributed by atoms with Crippen molar-refractivity contribution in [3.63, 3.8) is 0 Å². The van der Waals surface area contributed by atoms with Crippen molar-refractivity contribution in [3.8, 4) is 11.8 Å². The van der Waals surface area contributed by atoms with Gasteiger partial charge in [0.05, 0.1) is 11.5 Å². The Morgan fingerprint density at radius 1 is 1.21 bits per heavy atom. The third-order valence-corrected chi connectivity index (χ3v) is 3.70. The molecular weight excluding hydrogens is 362 g/mol. The van der Waals surface area contributed by atoms with Crippen LogP contribution in [0.2, 0.25) is 0 Å². The lowest BCUT2D eigenvalue weighted by molar-refractivity contribution is -0.384. The minimum atomic E-state index is -0.460. The number of ether oxygens (including phenoxy) is 2. The largest absolute Gasteiger partial charge is 0.489 e. The number of hydrogen-bond acceptors (Lipinski definition) is 6. The normalized spacial score (nSPS) is 10.8. The SMILES string of the molecule is COCCNC(=O)/C(C#N)=C/c1ccc(OCc2ccc([N+](=O)[O-])cc2)cc1. The minimum Gasteiger partial charge on any atom is -0.489 e. The Labute approximate surface area is 162 Å². The van der Waals surface area contributed by atoms with Gasteiger partial charge in [-0.1, -0.05) is 12.1 Å². The first-order valence-corrected chi connectivity index (χ1v) is 8.38. The summed E-state index contributed by atoms with van der Waals surface area (Å²) in [5.41, 5.74) is 1.50. The van der Waals surface area contributed by atoms with E-state index in [9.17, 15) is 14.9 Å². The average molecular weight is 381 g/mol. The molecule has 8 heteroatoms. The zero-order chi connectivity index (χ0) is 20.4. The molecule has 0 bridgehead atoms. The first-order valence-electron chi connectivity index (χ1n) is 8.38. The molecule has 0 saturated heterocycles. The molecule has 0 unspecified atom stereocenters. The van der Waals surface area contributed by atoms with Gasteiger partial charge in [-0.3, -0.25) is 14.9 Å². The third kappa shape index (κ3) is 6.23. The van der Waals surface area contributed by atoms with E-state index in [0.717, 1.165) is 5.56 Å². The van der Waals surface area contributed by atoms with Crippen molar-refractivity contribution in [2.75, 3.05) is 20.3 Å². The van der Waals surface area contributed by atoms with Crippen LogP contribution in [0.25, 0.3) is 6.08 Å². The van der Waals surface area contributed by atoms with Crippen molar-refractivity contribution in [2.45, 2.75) is 6.61 Å². The monoisotopic (exact) mass is 381 g/mol. The molecule has 2 rings (SSSR count). The highest BCUT2D eigenvalue weighted by atomic mass is 16.6. The number of nitriles is 1. The van der Waals surface area contributed by atoms with Crippen LogP contribution in [0.4, 0.5) is 5.69 Å². The van der Waals surface area contributed by atoms with Crippen LogP contribution < -0.4 is 10.1 Å². The van der Waals surface area contributed by atoms with Crippen molar-refractivity contribution < 1.29 is 19.2 Å². The predicted octanol–water partition coefficient (Wildman–Crippen LogP) is 2.84. The maximum absolute atomic E-state index is 11.9. The number of carbonyl (C=O) groups excluding carboxylic acids is 1. The number of non-ortho nitro benzene ring substituents is 1. The van der Waals surface area contributed by atoms with Crippen LogP contribution in [0.5, 0.6) is 5.75 Å². The lowest BCUT2D eigenvalue weighted by Crippen LogP contribution is -2.27. The molecule has 144 valence electrons. The van der Waals surface area contributed by atoms with Gasteiger partial charge in [0.2, 0.25) is 0 Å². The Morgan fingerprint density at radius 2 is 1.89 bits per heavy atom. The summed E-state index contributed by atoms with van der Waals surface area (Å²) in [5, 5.41) is 22.4. The van der Waals surface area contributed by atoms with Gasteiger partial charge in [0.25, 0.3) is 11.6 Å². The summed E-state index contributed by atoms with van der Waals surface area (Å²) < 4.78 is 10.5. The fraction of sp³-hybridized carbons (Fsp3) is 0.200. The van der Waals surface area contributed by atoms with Gasteiger partial charge in [0.15, 0.2) is 0 Å². The second-order valence-corrected chi connectivity index (χ2v) is 5.70. The maximum Gasteiger partial charge on any atom is 0.269 e. The number of nitro groups is 1. The van der Waals surface area contributed by atoms with Crippen LogP contribution in [-0.2, 0) is 16.1 Å². The Morgan fingerprint density at radius 3 is 2.46 bits per heavy atom. The van der Waals surface area contributed by atoms with E-state index in [1.165, 1.54) is 25.3 Å². The van der Waals surface area contributed by atoms with E-state index in [1.807, 2.05) is 6.07 Å². The number of hydrogen-bond donors (Lipinski definition) is 1. The lowest BCUT2D eigenvalue weighted by Gasteiger charge is -2.07. The van der Waals surface area contributed by atoms with Crippen LogP contribution in [-0.4, -0.2) is 31.1 Å². The molecule has 0 fully saturated rings. The molecule has 1 amide bonds. The van der Waals surface area contributed by atoms with Gasteiger partial charge in [-0.2, -0.15) is 5.26 Å². The summed E-state index contributed by atoms with van der Waals surface area (Å²) in [6.45, 7) is 0.952. The molecule has 1 N–H and O–H groups in total. The van der Waals surface area contributed by atoms with Crippen LogP contribution >= 0.6 is 0 Å². The molecule has 0 aliphatic carbocycles. The maximum atomic E-state index is 11.9. The highest BCUT2D eigenvalue weighted by Gasteiger charge is 2.08. The zero-order valence-electron chi connectivity index (χ0n) is 15.3. The molecule has 0 aromatic heterocycles. The number of nitrogens with one attached hydrogen (secondary N) is 1. The Hall–Kier alpha value is -3.70. The highest BCUT2D eigenvalue weighted by molar-refractivity contribution is 6.01. The number of nitro benzene ring substituents is 1. The summed E-state index contributed by atoms with van der Waals surface area (Å²) in [5.74, 6) is 0.136. The summed E-state index contributed by atoms with van der Waals surface area (Å²) >= 11 is 0. The summed E-state index contributed by atoms with van der Waals surface area (Å²) in [6, 6.07) is 14.9. The van der Waals surface area contributed by atoms with Crippen molar-refractivity contribution in [2.24, 2.45) is 0 Å². The number of nitrogens with zero attached hydrogens (tertiary/aromatic N) is 2.